The second-order valence-corrected chi connectivity index (χ2v) is 6.06. The van der Waals surface area contributed by atoms with Gasteiger partial charge in [0.05, 0.1) is 16.2 Å². The number of imide groups is 2. The number of hydrogen-bond acceptors (Lipinski definition) is 5. The van der Waals surface area contributed by atoms with Crippen molar-refractivity contribution in [3.8, 4) is 0 Å². The summed E-state index contributed by atoms with van der Waals surface area (Å²) in [4.78, 5) is 41.7. The summed E-state index contributed by atoms with van der Waals surface area (Å²) < 4.78 is 0.538. The van der Waals surface area contributed by atoms with E-state index in [9.17, 15) is 14.4 Å². The highest BCUT2D eigenvalue weighted by molar-refractivity contribution is 7.17. The summed E-state index contributed by atoms with van der Waals surface area (Å²) in [6.45, 7) is 0. The second kappa shape index (κ2) is 5.70. The van der Waals surface area contributed by atoms with Crippen molar-refractivity contribution >= 4 is 52.5 Å². The maximum atomic E-state index is 12.5. The second-order valence-electron chi connectivity index (χ2n) is 4.31. The van der Waals surface area contributed by atoms with Gasteiger partial charge in [0.25, 0.3) is 11.8 Å². The van der Waals surface area contributed by atoms with Crippen LogP contribution in [0, 0.1) is 0 Å². The molecule has 0 spiro atoms. The summed E-state index contributed by atoms with van der Waals surface area (Å²) in [5.41, 5.74) is 0.148. The van der Waals surface area contributed by atoms with Crippen LogP contribution < -0.4 is 10.2 Å². The van der Waals surface area contributed by atoms with E-state index in [1.165, 1.54) is 29.8 Å². The van der Waals surface area contributed by atoms with Gasteiger partial charge in [-0.05, 0) is 30.3 Å². The van der Waals surface area contributed by atoms with Gasteiger partial charge in [0.15, 0.2) is 0 Å². The number of urea groups is 1. The van der Waals surface area contributed by atoms with E-state index >= 15 is 0 Å². The maximum Gasteiger partial charge on any atom is 0.336 e. The Kier molecular flexibility index (Phi) is 3.74. The lowest BCUT2D eigenvalue weighted by Crippen LogP contribution is -2.54. The van der Waals surface area contributed by atoms with Crippen molar-refractivity contribution in [2.45, 2.75) is 0 Å². The van der Waals surface area contributed by atoms with Crippen molar-refractivity contribution in [2.75, 3.05) is 4.90 Å². The molecule has 1 N–H and O–H groups in total. The Labute approximate surface area is 134 Å². The Morgan fingerprint density at radius 1 is 1.23 bits per heavy atom. The molecular weight excluding hydrogens is 326 g/mol. The molecule has 110 valence electrons. The lowest BCUT2D eigenvalue weighted by Gasteiger charge is -2.25. The molecule has 1 saturated heterocycles. The highest BCUT2D eigenvalue weighted by Gasteiger charge is 2.36. The van der Waals surface area contributed by atoms with Gasteiger partial charge in [-0.3, -0.25) is 19.9 Å². The molecule has 0 radical (unpaired) electrons. The van der Waals surface area contributed by atoms with Gasteiger partial charge in [-0.15, -0.1) is 11.3 Å². The van der Waals surface area contributed by atoms with Crippen molar-refractivity contribution in [1.29, 1.82) is 0 Å². The van der Waals surface area contributed by atoms with Gasteiger partial charge in [-0.25, -0.2) is 9.69 Å². The van der Waals surface area contributed by atoms with Gasteiger partial charge >= 0.3 is 6.03 Å². The van der Waals surface area contributed by atoms with Crippen LogP contribution in [0.25, 0.3) is 6.08 Å². The first-order valence-corrected chi connectivity index (χ1v) is 7.32. The van der Waals surface area contributed by atoms with Crippen molar-refractivity contribution < 1.29 is 14.4 Å². The normalized spacial score (nSPS) is 17.0. The number of nitrogens with one attached hydrogen (secondary N) is 1. The Morgan fingerprint density at radius 3 is 2.68 bits per heavy atom. The molecule has 1 aliphatic rings. The van der Waals surface area contributed by atoms with Crippen molar-refractivity contribution in [2.24, 2.45) is 0 Å². The molecular formula is C14H8ClN3O3S. The fraction of sp³-hybridized carbons (Fsp3) is 0. The highest BCUT2D eigenvalue weighted by Crippen LogP contribution is 2.26. The van der Waals surface area contributed by atoms with E-state index in [-0.39, 0.29) is 11.3 Å². The van der Waals surface area contributed by atoms with E-state index in [1.807, 2.05) is 0 Å². The number of halogens is 1. The highest BCUT2D eigenvalue weighted by atomic mass is 35.5. The van der Waals surface area contributed by atoms with Crippen molar-refractivity contribution in [3.05, 3.63) is 51.4 Å². The minimum Gasteiger partial charge on any atom is -0.273 e. The zero-order chi connectivity index (χ0) is 15.7. The standard InChI is InChI=1S/C14H8ClN3O3S/c15-11-4-3-9(22-11)6-10-12(19)17-14(21)18(13(10)20)8-2-1-5-16-7-8/h1-7H,(H,17,19,21)/b10-6+. The first kappa shape index (κ1) is 14.4. The molecule has 1 aliphatic heterocycles. The first-order chi connectivity index (χ1) is 10.6. The van der Waals surface area contributed by atoms with Crippen LogP contribution >= 0.6 is 22.9 Å². The van der Waals surface area contributed by atoms with Gasteiger partial charge in [0.2, 0.25) is 0 Å². The number of carbonyl (C=O) groups is 3. The Bertz CT molecular complexity index is 801. The predicted molar refractivity (Wildman–Crippen MR) is 82.6 cm³/mol. The average Bonchev–Trinajstić information content (AvgIpc) is 2.90. The molecule has 4 amide bonds. The molecule has 0 atom stereocenters. The number of barbiturate groups is 1. The van der Waals surface area contributed by atoms with Crippen LogP contribution in [0.1, 0.15) is 4.88 Å². The van der Waals surface area contributed by atoms with Crippen LogP contribution in [0.2, 0.25) is 4.34 Å². The molecule has 1 fully saturated rings. The van der Waals surface area contributed by atoms with Crippen LogP contribution in [0.3, 0.4) is 0 Å². The number of amides is 4. The van der Waals surface area contributed by atoms with E-state index in [4.69, 9.17) is 11.6 Å². The van der Waals surface area contributed by atoms with Gasteiger partial charge in [0.1, 0.15) is 5.57 Å². The Balaban J connectivity index is 2.01. The zero-order valence-electron chi connectivity index (χ0n) is 10.9. The topological polar surface area (TPSA) is 79.4 Å². The summed E-state index contributed by atoms with van der Waals surface area (Å²) in [5.74, 6) is -1.44. The van der Waals surface area contributed by atoms with E-state index in [1.54, 1.807) is 24.3 Å². The minimum atomic E-state index is -0.802. The maximum absolute atomic E-state index is 12.5. The van der Waals surface area contributed by atoms with Crippen LogP contribution in [0.15, 0.2) is 42.2 Å². The van der Waals surface area contributed by atoms with E-state index in [0.29, 0.717) is 9.21 Å². The number of anilines is 1. The van der Waals surface area contributed by atoms with Crippen LogP contribution in [-0.2, 0) is 9.59 Å². The quantitative estimate of drug-likeness (QED) is 0.676. The first-order valence-electron chi connectivity index (χ1n) is 6.13. The van der Waals surface area contributed by atoms with E-state index < -0.39 is 17.8 Å². The number of pyridine rings is 1. The van der Waals surface area contributed by atoms with Crippen LogP contribution in [0.4, 0.5) is 10.5 Å². The lowest BCUT2D eigenvalue weighted by molar-refractivity contribution is -0.122. The molecule has 2 aromatic heterocycles. The number of rotatable bonds is 2. The summed E-state index contributed by atoms with van der Waals surface area (Å²) in [6.07, 6.45) is 4.29. The van der Waals surface area contributed by atoms with Crippen molar-refractivity contribution in [3.63, 3.8) is 0 Å². The fourth-order valence-electron chi connectivity index (χ4n) is 1.93. The van der Waals surface area contributed by atoms with Gasteiger partial charge < -0.3 is 0 Å². The molecule has 0 unspecified atom stereocenters. The van der Waals surface area contributed by atoms with Gasteiger partial charge in [-0.2, -0.15) is 0 Å². The summed E-state index contributed by atoms with van der Waals surface area (Å²) >= 11 is 7.05. The lowest BCUT2D eigenvalue weighted by atomic mass is 10.1. The SMILES string of the molecule is O=C1NC(=O)N(c2cccnc2)C(=O)/C1=C/c1ccc(Cl)s1. The van der Waals surface area contributed by atoms with Crippen LogP contribution in [-0.4, -0.2) is 22.8 Å². The molecule has 2 aromatic rings. The molecule has 22 heavy (non-hydrogen) atoms. The monoisotopic (exact) mass is 333 g/mol. The Morgan fingerprint density at radius 2 is 2.05 bits per heavy atom. The third-order valence-electron chi connectivity index (χ3n) is 2.89. The molecule has 8 heteroatoms. The molecule has 0 saturated carbocycles. The van der Waals surface area contributed by atoms with Gasteiger partial charge in [-0.1, -0.05) is 11.6 Å². The minimum absolute atomic E-state index is 0.137. The number of thiophene rings is 1. The third kappa shape index (κ3) is 2.63. The molecule has 6 nitrogen and oxygen atoms in total. The number of hydrogen-bond donors (Lipinski definition) is 1. The summed E-state index contributed by atoms with van der Waals surface area (Å²) in [7, 11) is 0. The number of nitrogens with zero attached hydrogens (tertiary/aromatic N) is 2. The van der Waals surface area contributed by atoms with Crippen LogP contribution in [0.5, 0.6) is 0 Å². The average molecular weight is 334 g/mol. The molecule has 0 aromatic carbocycles. The number of aromatic nitrogens is 1. The van der Waals surface area contributed by atoms with Crippen molar-refractivity contribution in [1.82, 2.24) is 10.3 Å². The predicted octanol–water partition coefficient (Wildman–Crippen LogP) is 2.46. The fourth-order valence-corrected chi connectivity index (χ4v) is 2.93. The number of carbonyl (C=O) groups excluding carboxylic acids is 3. The van der Waals surface area contributed by atoms with Gasteiger partial charge in [0, 0.05) is 11.1 Å². The van der Waals surface area contributed by atoms with E-state index in [2.05, 4.69) is 10.3 Å². The smallest absolute Gasteiger partial charge is 0.273 e. The molecule has 0 aliphatic carbocycles. The molecule has 3 rings (SSSR count). The summed E-state index contributed by atoms with van der Waals surface area (Å²) in [6, 6.07) is 5.69. The molecule has 3 heterocycles. The Hall–Kier alpha value is -2.51. The molecule has 0 bridgehead atoms. The van der Waals surface area contributed by atoms with E-state index in [0.717, 1.165) is 4.90 Å². The third-order valence-corrected chi connectivity index (χ3v) is 4.06. The zero-order valence-corrected chi connectivity index (χ0v) is 12.5. The largest absolute Gasteiger partial charge is 0.336 e. The summed E-state index contributed by atoms with van der Waals surface area (Å²) in [5, 5.41) is 2.14.